The number of hydrogen-bond acceptors (Lipinski definition) is 4. The van der Waals surface area contributed by atoms with E-state index in [9.17, 15) is 9.59 Å². The van der Waals surface area contributed by atoms with Crippen LogP contribution in [-0.2, 0) is 16.1 Å². The van der Waals surface area contributed by atoms with Crippen LogP contribution in [0.1, 0.15) is 42.3 Å². The maximum Gasteiger partial charge on any atom is 0.245 e. The molecule has 110 valence electrons. The van der Waals surface area contributed by atoms with Crippen LogP contribution in [0, 0.1) is 13.8 Å². The van der Waals surface area contributed by atoms with E-state index in [4.69, 9.17) is 0 Å². The van der Waals surface area contributed by atoms with Crippen molar-refractivity contribution in [3.05, 3.63) is 15.6 Å². The summed E-state index contributed by atoms with van der Waals surface area (Å²) in [6, 6.07) is -0.502. The minimum Gasteiger partial charge on any atom is -0.344 e. The molecule has 20 heavy (non-hydrogen) atoms. The highest BCUT2D eigenvalue weighted by Gasteiger charge is 2.33. The highest BCUT2D eigenvalue weighted by molar-refractivity contribution is 7.11. The zero-order valence-electron chi connectivity index (χ0n) is 12.4. The third-order valence-electron chi connectivity index (χ3n) is 3.72. The Labute approximate surface area is 123 Å². The minimum atomic E-state index is -0.408. The summed E-state index contributed by atoms with van der Waals surface area (Å²) < 4.78 is 0. The van der Waals surface area contributed by atoms with E-state index in [1.54, 1.807) is 16.2 Å². The van der Waals surface area contributed by atoms with Crippen LogP contribution in [0.25, 0.3) is 0 Å². The summed E-state index contributed by atoms with van der Waals surface area (Å²) in [7, 11) is 0. The smallest absolute Gasteiger partial charge is 0.245 e. The topological polar surface area (TPSA) is 62.3 Å². The van der Waals surface area contributed by atoms with Gasteiger partial charge in [-0.25, -0.2) is 4.98 Å². The number of carbonyl (C=O) groups excluding carboxylic acids is 2. The summed E-state index contributed by atoms with van der Waals surface area (Å²) in [6.45, 7) is 8.33. The highest BCUT2D eigenvalue weighted by Crippen LogP contribution is 2.21. The van der Waals surface area contributed by atoms with Crippen molar-refractivity contribution < 1.29 is 9.59 Å². The van der Waals surface area contributed by atoms with Gasteiger partial charge in [0.2, 0.25) is 11.8 Å². The minimum absolute atomic E-state index is 0.00337. The Morgan fingerprint density at radius 3 is 2.65 bits per heavy atom. The van der Waals surface area contributed by atoms with E-state index in [-0.39, 0.29) is 17.9 Å². The van der Waals surface area contributed by atoms with Crippen LogP contribution in [0.3, 0.4) is 0 Å². The molecular weight excluding hydrogens is 274 g/mol. The van der Waals surface area contributed by atoms with Crippen LogP contribution in [0.15, 0.2) is 0 Å². The molecule has 0 bridgehead atoms. The zero-order chi connectivity index (χ0) is 14.9. The van der Waals surface area contributed by atoms with Gasteiger partial charge in [0.05, 0.1) is 12.2 Å². The van der Waals surface area contributed by atoms with Gasteiger partial charge >= 0.3 is 0 Å². The molecule has 0 saturated carbocycles. The standard InChI is InChI=1S/C14H21N3O2S/c1-5-11-14(19)17(8(2)6-12(18)16-11)7-13-15-9(3)10(4)20-13/h8,11H,5-7H2,1-4H3,(H,16,18). The van der Waals surface area contributed by atoms with E-state index in [1.807, 2.05) is 27.7 Å². The lowest BCUT2D eigenvalue weighted by Gasteiger charge is -2.27. The van der Waals surface area contributed by atoms with Gasteiger partial charge in [-0.1, -0.05) is 6.92 Å². The summed E-state index contributed by atoms with van der Waals surface area (Å²) in [5, 5.41) is 3.73. The fourth-order valence-corrected chi connectivity index (χ4v) is 3.31. The Morgan fingerprint density at radius 1 is 1.40 bits per heavy atom. The Hall–Kier alpha value is -1.43. The molecule has 2 unspecified atom stereocenters. The molecule has 0 aliphatic carbocycles. The number of rotatable bonds is 3. The molecule has 1 aliphatic rings. The molecule has 0 radical (unpaired) electrons. The number of aromatic nitrogens is 1. The summed E-state index contributed by atoms with van der Waals surface area (Å²) in [4.78, 5) is 31.7. The Kier molecular flexibility index (Phi) is 4.42. The lowest BCUT2D eigenvalue weighted by atomic mass is 10.2. The van der Waals surface area contributed by atoms with Crippen molar-refractivity contribution in [3.8, 4) is 0 Å². The van der Waals surface area contributed by atoms with Crippen molar-refractivity contribution in [3.63, 3.8) is 0 Å². The van der Waals surface area contributed by atoms with E-state index >= 15 is 0 Å². The van der Waals surface area contributed by atoms with Gasteiger partial charge in [-0.3, -0.25) is 9.59 Å². The van der Waals surface area contributed by atoms with E-state index < -0.39 is 6.04 Å². The van der Waals surface area contributed by atoms with Crippen molar-refractivity contribution in [2.24, 2.45) is 0 Å². The van der Waals surface area contributed by atoms with Gasteiger partial charge in [-0.05, 0) is 27.2 Å². The lowest BCUT2D eigenvalue weighted by molar-refractivity contribution is -0.135. The third kappa shape index (κ3) is 3.00. The predicted molar refractivity (Wildman–Crippen MR) is 78.4 cm³/mol. The molecule has 1 N–H and O–H groups in total. The van der Waals surface area contributed by atoms with Crippen LogP contribution in [0.5, 0.6) is 0 Å². The van der Waals surface area contributed by atoms with E-state index in [1.165, 1.54) is 4.88 Å². The quantitative estimate of drug-likeness (QED) is 0.924. The van der Waals surface area contributed by atoms with Crippen molar-refractivity contribution >= 4 is 23.2 Å². The van der Waals surface area contributed by atoms with Crippen LogP contribution in [0.4, 0.5) is 0 Å². The summed E-state index contributed by atoms with van der Waals surface area (Å²) in [6.07, 6.45) is 0.968. The lowest BCUT2D eigenvalue weighted by Crippen LogP contribution is -2.45. The number of nitrogens with zero attached hydrogens (tertiary/aromatic N) is 2. The predicted octanol–water partition coefficient (Wildman–Crippen LogP) is 1.78. The molecule has 1 aromatic rings. The van der Waals surface area contributed by atoms with Crippen LogP contribution in [-0.4, -0.2) is 33.8 Å². The van der Waals surface area contributed by atoms with Crippen LogP contribution < -0.4 is 5.32 Å². The molecule has 5 nitrogen and oxygen atoms in total. The van der Waals surface area contributed by atoms with Gasteiger partial charge < -0.3 is 10.2 Å². The second kappa shape index (κ2) is 5.91. The molecule has 1 fully saturated rings. The molecular formula is C14H21N3O2S. The molecule has 6 heteroatoms. The average molecular weight is 295 g/mol. The van der Waals surface area contributed by atoms with Gasteiger partial charge in [0.15, 0.2) is 0 Å². The number of carbonyl (C=O) groups is 2. The number of nitrogens with one attached hydrogen (secondary N) is 1. The van der Waals surface area contributed by atoms with E-state index in [0.717, 1.165) is 10.7 Å². The number of hydrogen-bond donors (Lipinski definition) is 1. The number of amides is 2. The molecule has 0 aromatic carbocycles. The first-order valence-electron chi connectivity index (χ1n) is 6.95. The maximum atomic E-state index is 12.5. The largest absolute Gasteiger partial charge is 0.344 e. The van der Waals surface area contributed by atoms with Crippen molar-refractivity contribution in [2.75, 3.05) is 0 Å². The van der Waals surface area contributed by atoms with Gasteiger partial charge in [0.1, 0.15) is 11.0 Å². The number of thiazole rings is 1. The van der Waals surface area contributed by atoms with Gasteiger partial charge in [0, 0.05) is 17.3 Å². The van der Waals surface area contributed by atoms with Crippen LogP contribution in [0.2, 0.25) is 0 Å². The molecule has 1 aliphatic heterocycles. The Bertz CT molecular complexity index is 507. The first-order valence-corrected chi connectivity index (χ1v) is 7.76. The summed E-state index contributed by atoms with van der Waals surface area (Å²) in [5.74, 6) is -0.0527. The fraction of sp³-hybridized carbons (Fsp3) is 0.643. The van der Waals surface area contributed by atoms with Gasteiger partial charge in [0.25, 0.3) is 0 Å². The van der Waals surface area contributed by atoms with Crippen molar-refractivity contribution in [2.45, 2.75) is 59.2 Å². The fourth-order valence-electron chi connectivity index (χ4n) is 2.37. The first kappa shape index (κ1) is 15.0. The normalized spacial score (nSPS) is 23.7. The molecule has 2 amide bonds. The van der Waals surface area contributed by atoms with Gasteiger partial charge in [-0.15, -0.1) is 11.3 Å². The molecule has 0 spiro atoms. The Morgan fingerprint density at radius 2 is 2.10 bits per heavy atom. The molecule has 1 saturated heterocycles. The third-order valence-corrected chi connectivity index (χ3v) is 4.77. The first-order chi connectivity index (χ1) is 9.42. The summed E-state index contributed by atoms with van der Waals surface area (Å²) >= 11 is 1.62. The molecule has 1 aromatic heterocycles. The zero-order valence-corrected chi connectivity index (χ0v) is 13.2. The van der Waals surface area contributed by atoms with E-state index in [2.05, 4.69) is 10.3 Å². The molecule has 2 atom stereocenters. The highest BCUT2D eigenvalue weighted by atomic mass is 32.1. The number of aryl methyl sites for hydroxylation is 2. The summed E-state index contributed by atoms with van der Waals surface area (Å²) in [5.41, 5.74) is 1.01. The monoisotopic (exact) mass is 295 g/mol. The van der Waals surface area contributed by atoms with Crippen LogP contribution >= 0.6 is 11.3 Å². The van der Waals surface area contributed by atoms with Crippen molar-refractivity contribution in [1.29, 1.82) is 0 Å². The maximum absolute atomic E-state index is 12.5. The van der Waals surface area contributed by atoms with E-state index in [0.29, 0.717) is 19.4 Å². The Balaban J connectivity index is 2.22. The average Bonchev–Trinajstić information content (AvgIpc) is 2.66. The second-order valence-electron chi connectivity index (χ2n) is 5.30. The SMILES string of the molecule is CCC1NC(=O)CC(C)N(Cc2nc(C)c(C)s2)C1=O. The molecule has 2 heterocycles. The molecule has 2 rings (SSSR count). The van der Waals surface area contributed by atoms with Gasteiger partial charge in [-0.2, -0.15) is 0 Å². The second-order valence-corrected chi connectivity index (χ2v) is 6.58. The van der Waals surface area contributed by atoms with Crippen molar-refractivity contribution in [1.82, 2.24) is 15.2 Å².